The lowest BCUT2D eigenvalue weighted by Crippen LogP contribution is -2.19. The van der Waals surface area contributed by atoms with Gasteiger partial charge in [-0.1, -0.05) is 28.1 Å². The van der Waals surface area contributed by atoms with E-state index in [2.05, 4.69) is 15.9 Å². The molecule has 5 heteroatoms. The van der Waals surface area contributed by atoms with Crippen LogP contribution in [0.25, 0.3) is 0 Å². The normalized spacial score (nSPS) is 20.6. The molecule has 1 unspecified atom stereocenters. The van der Waals surface area contributed by atoms with Crippen molar-refractivity contribution in [1.82, 2.24) is 0 Å². The summed E-state index contributed by atoms with van der Waals surface area (Å²) in [7, 11) is 1.42. The number of hydrogen-bond donors (Lipinski definition) is 1. The lowest BCUT2D eigenvalue weighted by Gasteiger charge is -2.30. The van der Waals surface area contributed by atoms with Crippen molar-refractivity contribution >= 4 is 15.9 Å². The van der Waals surface area contributed by atoms with Crippen LogP contribution in [0.2, 0.25) is 0 Å². The Balaban J connectivity index is 1.93. The van der Waals surface area contributed by atoms with E-state index in [9.17, 15) is 9.50 Å². The Labute approximate surface area is 130 Å². The molecule has 110 valence electrons. The highest BCUT2D eigenvalue weighted by molar-refractivity contribution is 9.10. The number of rotatable bonds is 2. The second-order valence-electron chi connectivity index (χ2n) is 4.93. The van der Waals surface area contributed by atoms with Crippen molar-refractivity contribution in [2.75, 3.05) is 7.11 Å². The predicted molar refractivity (Wildman–Crippen MR) is 80.0 cm³/mol. The van der Waals surface area contributed by atoms with Crippen molar-refractivity contribution in [1.29, 1.82) is 0 Å². The molecule has 0 radical (unpaired) electrons. The molecular weight excluding hydrogens is 339 g/mol. The number of halogens is 2. The Morgan fingerprint density at radius 3 is 2.81 bits per heavy atom. The van der Waals surface area contributed by atoms with Crippen LogP contribution in [0.5, 0.6) is 11.5 Å². The van der Waals surface area contributed by atoms with E-state index in [0.717, 1.165) is 10.0 Å². The summed E-state index contributed by atoms with van der Waals surface area (Å²) in [4.78, 5) is 0. The topological polar surface area (TPSA) is 38.7 Å². The first-order valence-corrected chi connectivity index (χ1v) is 7.35. The van der Waals surface area contributed by atoms with Crippen molar-refractivity contribution in [2.45, 2.75) is 18.6 Å². The third-order valence-corrected chi connectivity index (χ3v) is 4.08. The van der Waals surface area contributed by atoms with Crippen LogP contribution in [0.3, 0.4) is 0 Å². The van der Waals surface area contributed by atoms with E-state index in [1.165, 1.54) is 13.2 Å². The van der Waals surface area contributed by atoms with E-state index in [0.29, 0.717) is 17.7 Å². The molecule has 0 bridgehead atoms. The fourth-order valence-electron chi connectivity index (χ4n) is 2.50. The van der Waals surface area contributed by atoms with Crippen molar-refractivity contribution in [3.8, 4) is 11.5 Å². The van der Waals surface area contributed by atoms with E-state index >= 15 is 0 Å². The largest absolute Gasteiger partial charge is 0.494 e. The van der Waals surface area contributed by atoms with Gasteiger partial charge in [0.25, 0.3) is 0 Å². The minimum Gasteiger partial charge on any atom is -0.494 e. The Morgan fingerprint density at radius 2 is 2.10 bits per heavy atom. The lowest BCUT2D eigenvalue weighted by atomic mass is 9.95. The van der Waals surface area contributed by atoms with Gasteiger partial charge in [0, 0.05) is 16.5 Å². The molecule has 3 rings (SSSR count). The maximum atomic E-state index is 13.8. The molecule has 0 aromatic heterocycles. The first kappa shape index (κ1) is 14.4. The monoisotopic (exact) mass is 352 g/mol. The Kier molecular flexibility index (Phi) is 3.87. The van der Waals surface area contributed by atoms with Gasteiger partial charge in [-0.2, -0.15) is 0 Å². The van der Waals surface area contributed by atoms with Crippen molar-refractivity contribution < 1.29 is 19.0 Å². The average Bonchev–Trinajstić information content (AvgIpc) is 2.46. The first-order valence-electron chi connectivity index (χ1n) is 6.56. The van der Waals surface area contributed by atoms with Crippen molar-refractivity contribution in [2.24, 2.45) is 0 Å². The number of aliphatic hydroxyl groups excluding tert-OH is 1. The lowest BCUT2D eigenvalue weighted by molar-refractivity contribution is 0.0655. The van der Waals surface area contributed by atoms with Crippen LogP contribution in [-0.2, 0) is 0 Å². The van der Waals surface area contributed by atoms with Crippen LogP contribution in [0, 0.1) is 5.82 Å². The maximum Gasteiger partial charge on any atom is 0.165 e. The molecule has 0 aliphatic carbocycles. The zero-order chi connectivity index (χ0) is 15.0. The average molecular weight is 353 g/mol. The summed E-state index contributed by atoms with van der Waals surface area (Å²) in [5, 5.41) is 10.2. The van der Waals surface area contributed by atoms with Crippen LogP contribution in [0.4, 0.5) is 4.39 Å². The SMILES string of the molecule is COc1ccc(C2C[C@H](O)c3ccc(Br)cc3O2)cc1F. The number of aliphatic hydroxyl groups is 1. The van der Waals surface area contributed by atoms with Crippen molar-refractivity contribution in [3.63, 3.8) is 0 Å². The van der Waals surface area contributed by atoms with Gasteiger partial charge in [-0.3, -0.25) is 0 Å². The Bertz CT molecular complexity index is 675. The smallest absolute Gasteiger partial charge is 0.165 e. The molecule has 0 fully saturated rings. The Morgan fingerprint density at radius 1 is 1.29 bits per heavy atom. The molecule has 0 saturated carbocycles. The van der Waals surface area contributed by atoms with Crippen molar-refractivity contribution in [3.05, 3.63) is 57.8 Å². The summed E-state index contributed by atoms with van der Waals surface area (Å²) in [6, 6.07) is 10.2. The van der Waals surface area contributed by atoms with Gasteiger partial charge in [0.05, 0.1) is 13.2 Å². The summed E-state index contributed by atoms with van der Waals surface area (Å²) >= 11 is 3.38. The molecular formula is C16H14BrFO3. The van der Waals surface area contributed by atoms with Gasteiger partial charge in [-0.05, 0) is 29.8 Å². The van der Waals surface area contributed by atoms with Crippen LogP contribution in [0.1, 0.15) is 29.8 Å². The summed E-state index contributed by atoms with van der Waals surface area (Å²) < 4.78 is 25.5. The van der Waals surface area contributed by atoms with Crippen LogP contribution in [0.15, 0.2) is 40.9 Å². The highest BCUT2D eigenvalue weighted by atomic mass is 79.9. The molecule has 0 amide bonds. The van der Waals surface area contributed by atoms with E-state index in [1.54, 1.807) is 12.1 Å². The third-order valence-electron chi connectivity index (χ3n) is 3.59. The zero-order valence-electron chi connectivity index (χ0n) is 11.3. The summed E-state index contributed by atoms with van der Waals surface area (Å²) in [6.07, 6.45) is -0.625. The molecule has 0 spiro atoms. The number of benzene rings is 2. The summed E-state index contributed by atoms with van der Waals surface area (Å²) in [5.41, 5.74) is 1.43. The van der Waals surface area contributed by atoms with Crippen LogP contribution >= 0.6 is 15.9 Å². The van der Waals surface area contributed by atoms with Gasteiger partial charge in [0.2, 0.25) is 0 Å². The minimum atomic E-state index is -0.628. The van der Waals surface area contributed by atoms with E-state index < -0.39 is 11.9 Å². The summed E-state index contributed by atoms with van der Waals surface area (Å²) in [5.74, 6) is 0.371. The second kappa shape index (κ2) is 5.66. The number of ether oxygens (including phenoxy) is 2. The molecule has 0 saturated heterocycles. The third kappa shape index (κ3) is 2.76. The van der Waals surface area contributed by atoms with E-state index in [1.807, 2.05) is 18.2 Å². The quantitative estimate of drug-likeness (QED) is 0.882. The number of hydrogen-bond acceptors (Lipinski definition) is 3. The van der Waals surface area contributed by atoms with Gasteiger partial charge >= 0.3 is 0 Å². The zero-order valence-corrected chi connectivity index (χ0v) is 12.9. The van der Waals surface area contributed by atoms with Crippen LogP contribution < -0.4 is 9.47 Å². The van der Waals surface area contributed by atoms with Gasteiger partial charge in [0.1, 0.15) is 11.9 Å². The molecule has 1 N–H and O–H groups in total. The maximum absolute atomic E-state index is 13.8. The van der Waals surface area contributed by atoms with Gasteiger partial charge < -0.3 is 14.6 Å². The van der Waals surface area contributed by atoms with Gasteiger partial charge in [-0.15, -0.1) is 0 Å². The molecule has 2 aromatic rings. The number of methoxy groups -OCH3 is 1. The number of fused-ring (bicyclic) bond motifs is 1. The molecule has 1 heterocycles. The van der Waals surface area contributed by atoms with Gasteiger partial charge in [-0.25, -0.2) is 4.39 Å². The molecule has 3 nitrogen and oxygen atoms in total. The molecule has 1 aliphatic rings. The van der Waals surface area contributed by atoms with Crippen LogP contribution in [-0.4, -0.2) is 12.2 Å². The van der Waals surface area contributed by atoms with Gasteiger partial charge in [0.15, 0.2) is 11.6 Å². The molecule has 1 aliphatic heterocycles. The Hall–Kier alpha value is -1.59. The highest BCUT2D eigenvalue weighted by Gasteiger charge is 2.28. The predicted octanol–water partition coefficient (Wildman–Crippen LogP) is 4.15. The molecule has 2 aromatic carbocycles. The standard InChI is InChI=1S/C16H14BrFO3/c1-20-14-5-2-9(6-12(14)18)15-8-13(19)11-4-3-10(17)7-16(11)21-15/h2-7,13,15,19H,8H2,1H3/t13-,15?/m0/s1. The first-order chi connectivity index (χ1) is 10.1. The van der Waals surface area contributed by atoms with E-state index in [4.69, 9.17) is 9.47 Å². The summed E-state index contributed by atoms with van der Waals surface area (Å²) in [6.45, 7) is 0. The minimum absolute atomic E-state index is 0.193. The fourth-order valence-corrected chi connectivity index (χ4v) is 2.84. The second-order valence-corrected chi connectivity index (χ2v) is 5.85. The highest BCUT2D eigenvalue weighted by Crippen LogP contribution is 2.42. The molecule has 2 atom stereocenters. The fraction of sp³-hybridized carbons (Fsp3) is 0.250. The van der Waals surface area contributed by atoms with E-state index in [-0.39, 0.29) is 11.9 Å². The molecule has 21 heavy (non-hydrogen) atoms.